The largest absolute Gasteiger partial charge is 0.492 e. The summed E-state index contributed by atoms with van der Waals surface area (Å²) >= 11 is 0.900. The Kier molecular flexibility index (Phi) is 7.72. The Morgan fingerprint density at radius 1 is 1.06 bits per heavy atom. The number of carbonyl (C=O) groups is 3. The van der Waals surface area contributed by atoms with E-state index < -0.39 is 5.97 Å². The minimum absolute atomic E-state index is 0.170. The molecule has 0 aliphatic carbocycles. The van der Waals surface area contributed by atoms with E-state index in [-0.39, 0.29) is 30.9 Å². The summed E-state index contributed by atoms with van der Waals surface area (Å²) in [4.78, 5) is 37.7. The summed E-state index contributed by atoms with van der Waals surface area (Å²) in [5, 5.41) is -0.321. The van der Waals surface area contributed by atoms with Gasteiger partial charge in [0.25, 0.3) is 11.1 Å². The van der Waals surface area contributed by atoms with Gasteiger partial charge in [0, 0.05) is 0 Å². The zero-order valence-electron chi connectivity index (χ0n) is 17.3. The van der Waals surface area contributed by atoms with Crippen molar-refractivity contribution in [3.8, 4) is 11.5 Å². The number of nitrogens with zero attached hydrogens (tertiary/aromatic N) is 1. The van der Waals surface area contributed by atoms with Crippen molar-refractivity contribution >= 4 is 35.0 Å². The van der Waals surface area contributed by atoms with Crippen molar-refractivity contribution < 1.29 is 28.6 Å². The molecule has 3 rings (SSSR count). The normalized spacial score (nSPS) is 14.8. The first-order valence-corrected chi connectivity index (χ1v) is 10.6. The van der Waals surface area contributed by atoms with Crippen LogP contribution in [0.3, 0.4) is 0 Å². The lowest BCUT2D eigenvalue weighted by Gasteiger charge is -2.13. The Labute approximate surface area is 185 Å². The summed E-state index contributed by atoms with van der Waals surface area (Å²) in [6.45, 7) is 4.22. The number of rotatable bonds is 9. The van der Waals surface area contributed by atoms with Crippen LogP contribution >= 0.6 is 11.8 Å². The Bertz CT molecular complexity index is 986. The molecule has 1 fully saturated rings. The molecule has 31 heavy (non-hydrogen) atoms. The maximum absolute atomic E-state index is 12.6. The smallest absolute Gasteiger partial charge is 0.344 e. The topological polar surface area (TPSA) is 82.1 Å². The van der Waals surface area contributed by atoms with E-state index in [0.29, 0.717) is 23.0 Å². The van der Waals surface area contributed by atoms with Gasteiger partial charge in [-0.2, -0.15) is 0 Å². The fraction of sp³-hybridized carbons (Fsp3) is 0.261. The van der Waals surface area contributed by atoms with Crippen LogP contribution in [-0.4, -0.2) is 48.4 Å². The molecule has 0 unspecified atom stereocenters. The number of hydrogen-bond acceptors (Lipinski definition) is 7. The fourth-order valence-corrected chi connectivity index (χ4v) is 3.67. The van der Waals surface area contributed by atoms with Gasteiger partial charge in [-0.25, -0.2) is 4.79 Å². The quantitative estimate of drug-likeness (QED) is 0.429. The highest BCUT2D eigenvalue weighted by molar-refractivity contribution is 8.18. The van der Waals surface area contributed by atoms with Crippen LogP contribution in [-0.2, 0) is 14.3 Å². The van der Waals surface area contributed by atoms with E-state index in [0.717, 1.165) is 22.9 Å². The van der Waals surface area contributed by atoms with Crippen molar-refractivity contribution in [2.45, 2.75) is 13.8 Å². The minimum Gasteiger partial charge on any atom is -0.492 e. The summed E-state index contributed by atoms with van der Waals surface area (Å²) in [7, 11) is 0. The van der Waals surface area contributed by atoms with Crippen molar-refractivity contribution in [2.75, 3.05) is 26.4 Å². The van der Waals surface area contributed by atoms with Crippen LogP contribution in [0.15, 0.2) is 53.4 Å². The first kappa shape index (κ1) is 22.4. The summed E-state index contributed by atoms with van der Waals surface area (Å²) in [5.74, 6) is 0.427. The first-order valence-electron chi connectivity index (χ1n) is 9.79. The zero-order chi connectivity index (χ0) is 22.2. The van der Waals surface area contributed by atoms with Crippen LogP contribution in [0, 0.1) is 6.92 Å². The number of aryl methyl sites for hydroxylation is 1. The standard InChI is InChI=1S/C23H23NO6S/c1-3-28-21(25)15-30-18-9-7-17(8-10-18)14-20-22(26)24(23(27)31-20)11-12-29-19-6-4-5-16(2)13-19/h4-10,13-14H,3,11-12,15H2,1-2H3/b20-14-. The van der Waals surface area contributed by atoms with Gasteiger partial charge in [0.15, 0.2) is 6.61 Å². The number of benzene rings is 2. The van der Waals surface area contributed by atoms with Crippen molar-refractivity contribution in [3.63, 3.8) is 0 Å². The monoisotopic (exact) mass is 441 g/mol. The van der Waals surface area contributed by atoms with Crippen LogP contribution in [0.5, 0.6) is 11.5 Å². The molecule has 2 aromatic rings. The molecule has 0 atom stereocenters. The van der Waals surface area contributed by atoms with Gasteiger partial charge in [0.2, 0.25) is 0 Å². The van der Waals surface area contributed by atoms with Crippen LogP contribution in [0.25, 0.3) is 6.08 Å². The summed E-state index contributed by atoms with van der Waals surface area (Å²) < 4.78 is 15.8. The van der Waals surface area contributed by atoms with E-state index in [4.69, 9.17) is 14.2 Å². The van der Waals surface area contributed by atoms with Crippen molar-refractivity contribution in [2.24, 2.45) is 0 Å². The minimum atomic E-state index is -0.438. The Balaban J connectivity index is 1.55. The molecule has 2 amide bonds. The van der Waals surface area contributed by atoms with Gasteiger partial charge in [-0.3, -0.25) is 14.5 Å². The molecule has 0 aromatic heterocycles. The van der Waals surface area contributed by atoms with Crippen LogP contribution in [0.2, 0.25) is 0 Å². The molecule has 8 heteroatoms. The van der Waals surface area contributed by atoms with Crippen LogP contribution < -0.4 is 9.47 Å². The van der Waals surface area contributed by atoms with Gasteiger partial charge >= 0.3 is 5.97 Å². The third-order valence-electron chi connectivity index (χ3n) is 4.29. The van der Waals surface area contributed by atoms with Crippen LogP contribution in [0.4, 0.5) is 4.79 Å². The summed E-state index contributed by atoms with van der Waals surface area (Å²) in [6, 6.07) is 14.4. The molecule has 0 bridgehead atoms. The molecule has 0 saturated carbocycles. The van der Waals surface area contributed by atoms with E-state index in [9.17, 15) is 14.4 Å². The highest BCUT2D eigenvalue weighted by Crippen LogP contribution is 2.32. The number of esters is 1. The summed E-state index contributed by atoms with van der Waals surface area (Å²) in [6.07, 6.45) is 1.65. The lowest BCUT2D eigenvalue weighted by atomic mass is 10.2. The zero-order valence-corrected chi connectivity index (χ0v) is 18.1. The van der Waals surface area contributed by atoms with Gasteiger partial charge in [0.05, 0.1) is 18.1 Å². The third kappa shape index (κ3) is 6.36. The number of ether oxygens (including phenoxy) is 3. The molecule has 1 heterocycles. The fourth-order valence-electron chi connectivity index (χ4n) is 2.81. The average molecular weight is 442 g/mol. The van der Waals surface area contributed by atoms with E-state index in [1.165, 1.54) is 4.90 Å². The molecular formula is C23H23NO6S. The second-order valence-corrected chi connectivity index (χ2v) is 7.65. The SMILES string of the molecule is CCOC(=O)COc1ccc(/C=C2\SC(=O)N(CCOc3cccc(C)c3)C2=O)cc1. The second-order valence-electron chi connectivity index (χ2n) is 6.66. The Morgan fingerprint density at radius 3 is 2.55 bits per heavy atom. The number of hydrogen-bond donors (Lipinski definition) is 0. The van der Waals surface area contributed by atoms with Crippen LogP contribution in [0.1, 0.15) is 18.1 Å². The highest BCUT2D eigenvalue weighted by Gasteiger charge is 2.34. The molecule has 0 spiro atoms. The average Bonchev–Trinajstić information content (AvgIpc) is 3.01. The van der Waals surface area contributed by atoms with Gasteiger partial charge in [-0.05, 0) is 67.1 Å². The third-order valence-corrected chi connectivity index (χ3v) is 5.19. The molecule has 1 aliphatic rings. The predicted molar refractivity (Wildman–Crippen MR) is 118 cm³/mol. The lowest BCUT2D eigenvalue weighted by molar-refractivity contribution is -0.145. The van der Waals surface area contributed by atoms with Gasteiger partial charge in [-0.1, -0.05) is 24.3 Å². The molecule has 162 valence electrons. The van der Waals surface area contributed by atoms with E-state index >= 15 is 0 Å². The Hall–Kier alpha value is -3.26. The Morgan fingerprint density at radius 2 is 1.84 bits per heavy atom. The number of thioether (sulfide) groups is 1. The lowest BCUT2D eigenvalue weighted by Crippen LogP contribution is -2.32. The second kappa shape index (κ2) is 10.7. The molecule has 1 aliphatic heterocycles. The number of amides is 2. The number of carbonyl (C=O) groups excluding carboxylic acids is 3. The maximum Gasteiger partial charge on any atom is 0.344 e. The van der Waals surface area contributed by atoms with E-state index in [1.54, 1.807) is 37.3 Å². The maximum atomic E-state index is 12.6. The summed E-state index contributed by atoms with van der Waals surface area (Å²) in [5.41, 5.74) is 1.81. The first-order chi connectivity index (χ1) is 15.0. The highest BCUT2D eigenvalue weighted by atomic mass is 32.2. The molecule has 7 nitrogen and oxygen atoms in total. The molecule has 0 radical (unpaired) electrons. The van der Waals surface area contributed by atoms with Crippen molar-refractivity contribution in [3.05, 3.63) is 64.6 Å². The predicted octanol–water partition coefficient (Wildman–Crippen LogP) is 4.05. The van der Waals surface area contributed by atoms with Gasteiger partial charge in [-0.15, -0.1) is 0 Å². The molecular weight excluding hydrogens is 418 g/mol. The van der Waals surface area contributed by atoms with Gasteiger partial charge < -0.3 is 14.2 Å². The molecule has 1 saturated heterocycles. The van der Waals surface area contributed by atoms with Crippen molar-refractivity contribution in [1.29, 1.82) is 0 Å². The van der Waals surface area contributed by atoms with E-state index in [2.05, 4.69) is 0 Å². The van der Waals surface area contributed by atoms with Gasteiger partial charge in [0.1, 0.15) is 18.1 Å². The molecule has 2 aromatic carbocycles. The molecule has 0 N–H and O–H groups in total. The van der Waals surface area contributed by atoms with E-state index in [1.807, 2.05) is 31.2 Å². The number of imide groups is 1. The van der Waals surface area contributed by atoms with Crippen molar-refractivity contribution in [1.82, 2.24) is 4.90 Å².